The van der Waals surface area contributed by atoms with Gasteiger partial charge in [-0.3, -0.25) is 0 Å². The van der Waals surface area contributed by atoms with E-state index in [0.717, 1.165) is 20.8 Å². The number of carboxylic acids is 3. The monoisotopic (exact) mass is 650 g/mol. The molecule has 3 aromatic carbocycles. The second kappa shape index (κ2) is 19.4. The van der Waals surface area contributed by atoms with Crippen LogP contribution in [0.5, 0.6) is 0 Å². The third-order valence-electron chi connectivity index (χ3n) is 3.04. The molecule has 0 aliphatic heterocycles. The molecule has 0 heterocycles. The van der Waals surface area contributed by atoms with E-state index >= 15 is 0 Å². The number of hydrogen-bond acceptors (Lipinski definition) is 6. The van der Waals surface area contributed by atoms with Crippen LogP contribution in [0.15, 0.2) is 91.0 Å². The minimum absolute atomic E-state index is 0. The molecule has 0 amide bonds. The fourth-order valence-electron chi connectivity index (χ4n) is 2.18. The Bertz CT molecular complexity index is 769. The van der Waals surface area contributed by atoms with Crippen LogP contribution in [0.1, 0.15) is 20.8 Å². The van der Waals surface area contributed by atoms with Gasteiger partial charge in [0.25, 0.3) is 0 Å². The van der Waals surface area contributed by atoms with E-state index in [9.17, 15) is 0 Å². The van der Waals surface area contributed by atoms with Crippen LogP contribution in [0, 0.1) is 0 Å². The number of carboxylic acid groups (broad SMARTS) is 3. The molecular weight excluding hydrogens is 628 g/mol. The fourth-order valence-corrected chi connectivity index (χ4v) is 8.76. The number of carbonyl (C=O) groups excluding carboxylic acids is 3. The van der Waals surface area contributed by atoms with E-state index in [-0.39, 0.29) is 24.4 Å². The van der Waals surface area contributed by atoms with Crippen LogP contribution in [-0.2, 0) is 14.4 Å². The third kappa shape index (κ3) is 17.4. The first-order valence-corrected chi connectivity index (χ1v) is 13.0. The molecule has 0 saturated carbocycles. The summed E-state index contributed by atoms with van der Waals surface area (Å²) in [5.41, 5.74) is 0. The van der Waals surface area contributed by atoms with Crippen LogP contribution in [0.4, 0.5) is 0 Å². The first-order chi connectivity index (χ1) is 14.6. The molecule has 32 heavy (non-hydrogen) atoms. The van der Waals surface area contributed by atoms with Gasteiger partial charge in [-0.2, -0.15) is 0 Å². The average Bonchev–Trinajstić information content (AvgIpc) is 2.69. The zero-order chi connectivity index (χ0) is 23.6. The second-order valence-corrected chi connectivity index (χ2v) is 12.2. The summed E-state index contributed by atoms with van der Waals surface area (Å²) in [6.45, 7) is 2.92. The van der Waals surface area contributed by atoms with Crippen molar-refractivity contribution in [1.82, 2.24) is 0 Å². The molecule has 0 aliphatic carbocycles. The van der Waals surface area contributed by atoms with E-state index < -0.39 is 38.1 Å². The summed E-state index contributed by atoms with van der Waals surface area (Å²) < 4.78 is 4.55. The Kier molecular flexibility index (Phi) is 19.3. The molecule has 0 bridgehead atoms. The van der Waals surface area contributed by atoms with Gasteiger partial charge in [-0.25, -0.2) is 0 Å². The number of hydrogen-bond donors (Lipinski definition) is 0. The predicted molar refractivity (Wildman–Crippen MR) is 122 cm³/mol. The van der Waals surface area contributed by atoms with Crippen molar-refractivity contribution in [3.8, 4) is 0 Å². The van der Waals surface area contributed by atoms with Gasteiger partial charge in [-0.1, -0.05) is 0 Å². The number of carbonyl (C=O) groups is 3. The van der Waals surface area contributed by atoms with Crippen LogP contribution in [0.25, 0.3) is 0 Å². The summed E-state index contributed by atoms with van der Waals surface area (Å²) in [4.78, 5) is 26.7. The van der Waals surface area contributed by atoms with Gasteiger partial charge in [0, 0.05) is 17.9 Å². The van der Waals surface area contributed by atoms with Crippen molar-refractivity contribution in [3.05, 3.63) is 91.0 Å². The Balaban J connectivity index is 0. The summed E-state index contributed by atoms with van der Waals surface area (Å²) in [7, 11) is 0. The third-order valence-corrected chi connectivity index (χ3v) is 10.0. The van der Waals surface area contributed by atoms with Gasteiger partial charge in [0.1, 0.15) is 0 Å². The molecule has 166 valence electrons. The molecule has 0 atom stereocenters. The van der Waals surface area contributed by atoms with E-state index in [2.05, 4.69) is 91.0 Å². The summed E-state index contributed by atoms with van der Waals surface area (Å²) >= 11 is -1.83. The van der Waals surface area contributed by atoms with E-state index in [1.807, 2.05) is 0 Å². The van der Waals surface area contributed by atoms with Gasteiger partial charge in [0.15, 0.2) is 0 Å². The molecule has 0 fully saturated rings. The second-order valence-electron chi connectivity index (χ2n) is 5.82. The number of benzene rings is 3. The first-order valence-electron chi connectivity index (χ1n) is 9.13. The van der Waals surface area contributed by atoms with E-state index in [1.54, 1.807) is 0 Å². The Hall–Kier alpha value is -2.29. The Labute approximate surface area is 213 Å². The summed E-state index contributed by atoms with van der Waals surface area (Å²) in [6.07, 6.45) is 0. The normalized spacial score (nSPS) is 8.62. The standard InChI is InChI=1S/3C6H5.3C2H4O2.2Sb/c3*1-2-4-6-5-3-1;3*1-2(3)4;;/h3*1-5H;3*1H3,(H,3,4);;/q;;;;;;;+3/p-3. The van der Waals surface area contributed by atoms with Crippen LogP contribution in [0.2, 0.25) is 0 Å². The maximum atomic E-state index is 8.89. The summed E-state index contributed by atoms with van der Waals surface area (Å²) in [5.74, 6) is -3.25. The zero-order valence-corrected chi connectivity index (χ0v) is 23.1. The Morgan fingerprint density at radius 3 is 0.812 bits per heavy atom. The minimum atomic E-state index is -1.83. The molecule has 0 saturated heterocycles. The van der Waals surface area contributed by atoms with E-state index in [4.69, 9.17) is 29.7 Å². The quantitative estimate of drug-likeness (QED) is 0.305. The fraction of sp³-hybridized carbons (Fsp3) is 0.125. The molecule has 6 nitrogen and oxygen atoms in total. The van der Waals surface area contributed by atoms with Crippen LogP contribution in [-0.4, -0.2) is 62.5 Å². The molecule has 2 radical (unpaired) electrons. The number of rotatable bonds is 3. The molecule has 0 aliphatic rings. The molecule has 8 heteroatoms. The zero-order valence-electron chi connectivity index (χ0n) is 18.0. The molecule has 3 rings (SSSR count). The molecular formula is C24H24O6Sb2. The van der Waals surface area contributed by atoms with E-state index in [0.29, 0.717) is 0 Å². The molecule has 0 N–H and O–H groups in total. The molecule has 0 spiro atoms. The van der Waals surface area contributed by atoms with Gasteiger partial charge >= 0.3 is 146 Å². The predicted octanol–water partition coefficient (Wildman–Crippen LogP) is -1.91. The Morgan fingerprint density at radius 1 is 0.500 bits per heavy atom. The SMILES string of the molecule is CC(=O)[O-].CC(=O)[O-].CC(=O)[O-].[Sb+3].c1cc[c]([Sb]([c]2ccccc2)[c]2ccccc2)cc1. The van der Waals surface area contributed by atoms with Crippen molar-refractivity contribution < 1.29 is 29.7 Å². The van der Waals surface area contributed by atoms with E-state index in [1.165, 1.54) is 10.5 Å². The molecule has 3 aromatic rings. The van der Waals surface area contributed by atoms with Gasteiger partial charge in [-0.05, 0) is 20.8 Å². The molecule has 0 unspecified atom stereocenters. The van der Waals surface area contributed by atoms with Crippen molar-refractivity contribution in [2.24, 2.45) is 0 Å². The van der Waals surface area contributed by atoms with Crippen LogP contribution in [0.3, 0.4) is 0 Å². The van der Waals surface area contributed by atoms with Crippen molar-refractivity contribution >= 4 is 73.1 Å². The van der Waals surface area contributed by atoms with Crippen LogP contribution >= 0.6 is 0 Å². The van der Waals surface area contributed by atoms with Gasteiger partial charge in [-0.15, -0.1) is 0 Å². The Morgan fingerprint density at radius 2 is 0.656 bits per heavy atom. The maximum absolute atomic E-state index is 8.89. The average molecular weight is 652 g/mol. The summed E-state index contributed by atoms with van der Waals surface area (Å²) in [5, 5.41) is 26.7. The van der Waals surface area contributed by atoms with Gasteiger partial charge in [0.05, 0.1) is 0 Å². The topological polar surface area (TPSA) is 120 Å². The van der Waals surface area contributed by atoms with Crippen molar-refractivity contribution in [1.29, 1.82) is 0 Å². The van der Waals surface area contributed by atoms with Gasteiger partial charge < -0.3 is 29.7 Å². The summed E-state index contributed by atoms with van der Waals surface area (Å²) in [6, 6.07) is 32.9. The first kappa shape index (κ1) is 31.9. The molecule has 0 aromatic heterocycles. The van der Waals surface area contributed by atoms with Crippen molar-refractivity contribution in [2.75, 3.05) is 0 Å². The van der Waals surface area contributed by atoms with Crippen LogP contribution < -0.4 is 25.8 Å². The van der Waals surface area contributed by atoms with Gasteiger partial charge in [0.2, 0.25) is 0 Å². The number of aliphatic carboxylic acids is 3. The van der Waals surface area contributed by atoms with Crippen molar-refractivity contribution in [2.45, 2.75) is 20.8 Å². The van der Waals surface area contributed by atoms with Crippen molar-refractivity contribution in [3.63, 3.8) is 0 Å².